The molecule has 1 amide bonds. The van der Waals surface area contributed by atoms with Crippen LogP contribution in [0, 0.1) is 23.2 Å². The van der Waals surface area contributed by atoms with E-state index >= 15 is 0 Å². The Labute approximate surface area is 224 Å². The van der Waals surface area contributed by atoms with Crippen LogP contribution in [-0.4, -0.2) is 21.9 Å². The number of phenolic OH excluding ortho intramolecular Hbond substituents is 1. The van der Waals surface area contributed by atoms with Crippen molar-refractivity contribution in [1.29, 1.82) is 0 Å². The van der Waals surface area contributed by atoms with Crippen molar-refractivity contribution in [1.82, 2.24) is 0 Å². The summed E-state index contributed by atoms with van der Waals surface area (Å²) < 4.78 is 0. The molecule has 0 fully saturated rings. The van der Waals surface area contributed by atoms with Crippen LogP contribution in [0.1, 0.15) is 62.9 Å². The zero-order chi connectivity index (χ0) is 27.5. The number of rotatable bonds is 2. The molecule has 0 saturated heterocycles. The van der Waals surface area contributed by atoms with Crippen molar-refractivity contribution in [2.24, 2.45) is 28.9 Å². The number of amides is 1. The number of carbonyl (C=O) groups is 2. The first-order valence-corrected chi connectivity index (χ1v) is 13.2. The molecule has 0 saturated carbocycles. The number of carbonyl (C=O) groups excluding carboxylic acids is 2. The third-order valence-corrected chi connectivity index (χ3v) is 9.35. The molecule has 0 radical (unpaired) electrons. The molecule has 4 aliphatic rings. The van der Waals surface area contributed by atoms with E-state index < -0.39 is 11.3 Å². The fourth-order valence-corrected chi connectivity index (χ4v) is 7.24. The van der Waals surface area contributed by atoms with Gasteiger partial charge in [-0.3, -0.25) is 9.59 Å². The summed E-state index contributed by atoms with van der Waals surface area (Å²) in [6, 6.07) is 5.26. The Hall–Kier alpha value is -3.86. The number of hydrogen-bond acceptors (Lipinski definition) is 4. The van der Waals surface area contributed by atoms with Crippen molar-refractivity contribution in [2.75, 3.05) is 0 Å². The van der Waals surface area contributed by atoms with Crippen LogP contribution in [0.25, 0.3) is 5.57 Å². The average Bonchev–Trinajstić information content (AvgIpc) is 3.12. The number of allylic oxidation sites excluding steroid dienone is 11. The molecule has 5 heteroatoms. The molecule has 4 atom stereocenters. The predicted octanol–water partition coefficient (Wildman–Crippen LogP) is 6.66. The van der Waals surface area contributed by atoms with Crippen molar-refractivity contribution in [2.45, 2.75) is 47.0 Å². The molecule has 0 aliphatic heterocycles. The molecule has 4 unspecified atom stereocenters. The summed E-state index contributed by atoms with van der Waals surface area (Å²) in [6.45, 7) is 12.4. The third kappa shape index (κ3) is 3.67. The van der Waals surface area contributed by atoms with E-state index in [9.17, 15) is 19.8 Å². The highest BCUT2D eigenvalue weighted by atomic mass is 16.3. The SMILES string of the molecule is C=C1C(C(N)=O)=C(O)CCC2C(C)C3C(=C(C)C12C)C(=O)c1c(O)cccc1/C3=C\C1=CC=C(C)C=CC1. The van der Waals surface area contributed by atoms with Gasteiger partial charge in [0.05, 0.1) is 11.1 Å². The van der Waals surface area contributed by atoms with Gasteiger partial charge in [0.2, 0.25) is 0 Å². The van der Waals surface area contributed by atoms with Gasteiger partial charge in [-0.1, -0.05) is 74.1 Å². The molecule has 196 valence electrons. The lowest BCUT2D eigenvalue weighted by Gasteiger charge is -2.52. The number of aromatic hydroxyl groups is 1. The predicted molar refractivity (Wildman–Crippen MR) is 150 cm³/mol. The van der Waals surface area contributed by atoms with Gasteiger partial charge in [-0.15, -0.1) is 0 Å². The summed E-state index contributed by atoms with van der Waals surface area (Å²) in [5, 5.41) is 21.7. The molecule has 0 aromatic heterocycles. The summed E-state index contributed by atoms with van der Waals surface area (Å²) in [5.41, 5.74) is 11.3. The number of Topliss-reactive ketones (excluding diaryl/α,β-unsaturated/α-hetero) is 1. The van der Waals surface area contributed by atoms with Gasteiger partial charge >= 0.3 is 0 Å². The maximum Gasteiger partial charge on any atom is 0.252 e. The monoisotopic (exact) mass is 509 g/mol. The number of nitrogens with two attached hydrogens (primary N) is 1. The number of hydrogen-bond donors (Lipinski definition) is 3. The van der Waals surface area contributed by atoms with E-state index in [0.29, 0.717) is 29.6 Å². The summed E-state index contributed by atoms with van der Waals surface area (Å²) in [7, 11) is 0. The van der Waals surface area contributed by atoms with Crippen LogP contribution in [-0.2, 0) is 4.79 Å². The van der Waals surface area contributed by atoms with Crippen LogP contribution in [0.15, 0.2) is 94.4 Å². The molecule has 1 aromatic rings. The minimum atomic E-state index is -0.757. The van der Waals surface area contributed by atoms with Gasteiger partial charge in [0, 0.05) is 23.3 Å². The van der Waals surface area contributed by atoms with Crippen LogP contribution in [0.2, 0.25) is 0 Å². The van der Waals surface area contributed by atoms with Crippen LogP contribution in [0.5, 0.6) is 5.75 Å². The largest absolute Gasteiger partial charge is 0.511 e. The lowest BCUT2D eigenvalue weighted by molar-refractivity contribution is -0.114. The topological polar surface area (TPSA) is 101 Å². The zero-order valence-corrected chi connectivity index (χ0v) is 22.5. The van der Waals surface area contributed by atoms with Gasteiger partial charge < -0.3 is 15.9 Å². The van der Waals surface area contributed by atoms with Crippen LogP contribution in [0.4, 0.5) is 0 Å². The van der Waals surface area contributed by atoms with Crippen molar-refractivity contribution in [3.8, 4) is 5.75 Å². The van der Waals surface area contributed by atoms with Gasteiger partial charge in [0.25, 0.3) is 5.91 Å². The highest BCUT2D eigenvalue weighted by Gasteiger charge is 2.55. The summed E-state index contributed by atoms with van der Waals surface area (Å²) in [6.07, 6.45) is 12.3. The molecule has 5 nitrogen and oxygen atoms in total. The minimum absolute atomic E-state index is 0.00274. The molecule has 4 N–H and O–H groups in total. The Balaban J connectivity index is 1.80. The van der Waals surface area contributed by atoms with Crippen molar-refractivity contribution in [3.63, 3.8) is 0 Å². The molecule has 38 heavy (non-hydrogen) atoms. The van der Waals surface area contributed by atoms with Gasteiger partial charge in [0.15, 0.2) is 5.78 Å². The van der Waals surface area contributed by atoms with Gasteiger partial charge in [0.1, 0.15) is 11.5 Å². The Morgan fingerprint density at radius 3 is 2.66 bits per heavy atom. The minimum Gasteiger partial charge on any atom is -0.511 e. The first-order valence-electron chi connectivity index (χ1n) is 13.2. The molecular weight excluding hydrogens is 474 g/mol. The van der Waals surface area contributed by atoms with Crippen LogP contribution < -0.4 is 5.73 Å². The highest BCUT2D eigenvalue weighted by Crippen LogP contribution is 2.62. The molecule has 0 bridgehead atoms. The Kier molecular flexibility index (Phi) is 6.21. The van der Waals surface area contributed by atoms with E-state index in [1.807, 2.05) is 19.9 Å². The Morgan fingerprint density at radius 2 is 1.95 bits per heavy atom. The van der Waals surface area contributed by atoms with E-state index in [0.717, 1.165) is 28.7 Å². The van der Waals surface area contributed by atoms with Crippen LogP contribution in [0.3, 0.4) is 0 Å². The second-order valence-corrected chi connectivity index (χ2v) is 11.3. The van der Waals surface area contributed by atoms with Crippen molar-refractivity contribution in [3.05, 3.63) is 105 Å². The Bertz CT molecular complexity index is 1480. The molecule has 0 spiro atoms. The van der Waals surface area contributed by atoms with Crippen molar-refractivity contribution >= 4 is 17.3 Å². The fourth-order valence-electron chi connectivity index (χ4n) is 7.24. The summed E-state index contributed by atoms with van der Waals surface area (Å²) >= 11 is 0. The summed E-state index contributed by atoms with van der Waals surface area (Å²) in [4.78, 5) is 26.6. The normalized spacial score (nSPS) is 30.2. The number of fused-ring (bicyclic) bond motifs is 3. The number of ketones is 1. The van der Waals surface area contributed by atoms with Gasteiger partial charge in [-0.2, -0.15) is 0 Å². The highest BCUT2D eigenvalue weighted by molar-refractivity contribution is 6.18. The zero-order valence-electron chi connectivity index (χ0n) is 22.5. The van der Waals surface area contributed by atoms with E-state index in [1.165, 1.54) is 5.57 Å². The quantitative estimate of drug-likeness (QED) is 0.415. The van der Waals surface area contributed by atoms with Gasteiger partial charge in [-0.05, 0) is 66.9 Å². The Morgan fingerprint density at radius 1 is 1.21 bits per heavy atom. The second kappa shape index (κ2) is 9.16. The van der Waals surface area contributed by atoms with E-state index in [-0.39, 0.29) is 40.6 Å². The first kappa shape index (κ1) is 25.8. The van der Waals surface area contributed by atoms with E-state index in [1.54, 1.807) is 12.1 Å². The molecular formula is C33H35NO4. The maximum atomic E-state index is 14.2. The number of aliphatic hydroxyl groups excluding tert-OH is 1. The molecule has 4 aliphatic carbocycles. The van der Waals surface area contributed by atoms with E-state index in [4.69, 9.17) is 5.73 Å². The first-order chi connectivity index (χ1) is 18.0. The van der Waals surface area contributed by atoms with E-state index in [2.05, 4.69) is 50.8 Å². The number of primary amides is 1. The van der Waals surface area contributed by atoms with Gasteiger partial charge in [-0.25, -0.2) is 0 Å². The molecule has 5 rings (SSSR count). The number of benzene rings is 1. The smallest absolute Gasteiger partial charge is 0.252 e. The molecule has 0 heterocycles. The number of aliphatic hydroxyl groups is 1. The standard InChI is InChI=1S/C33H35NO4/c1-17-8-6-9-21(13-12-17)16-23-22-10-7-11-25(35)30(22)31(37)29-20(4)33(5)19(3)28(32(34)38)26(36)15-14-24(33)18(2)27(23)29/h6-8,10-13,16,18,24,27,35-36H,3,9,14-15H2,1-2,4-5H3,(H2,34,38)/b23-16+. The molecule has 1 aromatic carbocycles. The third-order valence-electron chi connectivity index (χ3n) is 9.35. The second-order valence-electron chi connectivity index (χ2n) is 11.3. The van der Waals surface area contributed by atoms with Crippen molar-refractivity contribution < 1.29 is 19.8 Å². The number of phenols is 1. The maximum absolute atomic E-state index is 14.2. The average molecular weight is 510 g/mol. The lowest BCUT2D eigenvalue weighted by atomic mass is 9.50. The summed E-state index contributed by atoms with van der Waals surface area (Å²) in [5.74, 6) is -1.20. The van der Waals surface area contributed by atoms with Crippen LogP contribution >= 0.6 is 0 Å². The lowest BCUT2D eigenvalue weighted by Crippen LogP contribution is -2.46. The fraction of sp³-hybridized carbons (Fsp3) is 0.333.